The molecule has 0 aromatic carbocycles. The van der Waals surface area contributed by atoms with Gasteiger partial charge in [0.25, 0.3) is 0 Å². The van der Waals surface area contributed by atoms with Crippen LogP contribution in [-0.4, -0.2) is 42.3 Å². The van der Waals surface area contributed by atoms with E-state index in [9.17, 15) is 14.7 Å². The number of aliphatic hydroxyl groups excluding tert-OH is 1. The van der Waals surface area contributed by atoms with Crippen molar-refractivity contribution in [1.82, 2.24) is 5.32 Å². The normalized spacial score (nSPS) is 14.4. The number of ether oxygens (including phenoxy) is 1. The average molecular weight is 232 g/mol. The molecule has 1 amide bonds. The van der Waals surface area contributed by atoms with E-state index in [0.717, 1.165) is 0 Å². The van der Waals surface area contributed by atoms with Gasteiger partial charge in [-0.05, 0) is 12.8 Å². The van der Waals surface area contributed by atoms with Gasteiger partial charge < -0.3 is 20.9 Å². The Labute approximate surface area is 95.1 Å². The van der Waals surface area contributed by atoms with Crippen LogP contribution < -0.4 is 11.1 Å². The molecule has 0 aliphatic carbocycles. The Bertz CT molecular complexity index is 243. The highest BCUT2D eigenvalue weighted by Crippen LogP contribution is 1.98. The number of carbonyl (C=O) groups is 2. The first-order chi connectivity index (χ1) is 7.40. The first-order valence-electron chi connectivity index (χ1n) is 5.28. The van der Waals surface area contributed by atoms with E-state index in [1.165, 1.54) is 0 Å². The van der Waals surface area contributed by atoms with Gasteiger partial charge in [-0.3, -0.25) is 4.79 Å². The number of aliphatic hydroxyl groups is 1. The number of esters is 1. The second-order valence-electron chi connectivity index (χ2n) is 3.79. The number of hydrogen-bond acceptors (Lipinski definition) is 5. The van der Waals surface area contributed by atoms with Crippen molar-refractivity contribution in [2.45, 2.75) is 32.9 Å². The Morgan fingerprint density at radius 3 is 2.44 bits per heavy atom. The lowest BCUT2D eigenvalue weighted by Gasteiger charge is -2.16. The third kappa shape index (κ3) is 5.09. The van der Waals surface area contributed by atoms with Gasteiger partial charge in [0.15, 0.2) is 6.04 Å². The molecule has 6 heteroatoms. The van der Waals surface area contributed by atoms with Crippen LogP contribution in [0.2, 0.25) is 0 Å². The molecule has 0 fully saturated rings. The Kier molecular flexibility index (Phi) is 6.67. The quantitative estimate of drug-likeness (QED) is 0.403. The molecule has 0 heterocycles. The molecule has 16 heavy (non-hydrogen) atoms. The standard InChI is InChI=1S/C10H20N2O4/c1-4-16-10(15)8(11)9(14)12-5-7(13)6(2)3/h6-8,13H,4-5,11H2,1-3H3,(H,12,14). The van der Waals surface area contributed by atoms with Crippen molar-refractivity contribution in [3.63, 3.8) is 0 Å². The molecule has 0 spiro atoms. The Hall–Kier alpha value is -1.14. The lowest BCUT2D eigenvalue weighted by molar-refractivity contribution is -0.148. The fourth-order valence-electron chi connectivity index (χ4n) is 0.890. The van der Waals surface area contributed by atoms with E-state index >= 15 is 0 Å². The van der Waals surface area contributed by atoms with E-state index in [0.29, 0.717) is 0 Å². The minimum atomic E-state index is -1.33. The highest BCUT2D eigenvalue weighted by Gasteiger charge is 2.23. The van der Waals surface area contributed by atoms with E-state index in [1.54, 1.807) is 6.92 Å². The molecular formula is C10H20N2O4. The van der Waals surface area contributed by atoms with Gasteiger partial charge in [-0.15, -0.1) is 0 Å². The summed E-state index contributed by atoms with van der Waals surface area (Å²) in [5.41, 5.74) is 5.34. The minimum absolute atomic E-state index is 0.0270. The molecule has 94 valence electrons. The summed E-state index contributed by atoms with van der Waals surface area (Å²) < 4.78 is 4.59. The van der Waals surface area contributed by atoms with E-state index in [2.05, 4.69) is 10.1 Å². The summed E-state index contributed by atoms with van der Waals surface area (Å²) in [5.74, 6) is -1.38. The van der Waals surface area contributed by atoms with Crippen LogP contribution in [0.3, 0.4) is 0 Å². The fourth-order valence-corrected chi connectivity index (χ4v) is 0.890. The summed E-state index contributed by atoms with van der Waals surface area (Å²) in [6.07, 6.45) is -0.654. The molecule has 6 nitrogen and oxygen atoms in total. The van der Waals surface area contributed by atoms with Gasteiger partial charge in [0, 0.05) is 6.54 Å². The summed E-state index contributed by atoms with van der Waals surface area (Å²) in [7, 11) is 0. The SMILES string of the molecule is CCOC(=O)C(N)C(=O)NCC(O)C(C)C. The summed E-state index contributed by atoms with van der Waals surface area (Å²) in [4.78, 5) is 22.4. The number of rotatable bonds is 6. The molecule has 2 unspecified atom stereocenters. The molecule has 0 saturated carbocycles. The van der Waals surface area contributed by atoms with Crippen molar-refractivity contribution in [1.29, 1.82) is 0 Å². The Balaban J connectivity index is 4.01. The largest absolute Gasteiger partial charge is 0.464 e. The van der Waals surface area contributed by atoms with Crippen LogP contribution in [0.15, 0.2) is 0 Å². The lowest BCUT2D eigenvalue weighted by Crippen LogP contribution is -2.49. The van der Waals surface area contributed by atoms with Crippen LogP contribution in [0.4, 0.5) is 0 Å². The van der Waals surface area contributed by atoms with E-state index in [1.807, 2.05) is 13.8 Å². The predicted molar refractivity (Wildman–Crippen MR) is 58.5 cm³/mol. The van der Waals surface area contributed by atoms with Gasteiger partial charge in [0.2, 0.25) is 5.91 Å². The number of carbonyl (C=O) groups excluding carboxylic acids is 2. The smallest absolute Gasteiger partial charge is 0.332 e. The zero-order chi connectivity index (χ0) is 12.7. The first-order valence-corrected chi connectivity index (χ1v) is 5.28. The van der Waals surface area contributed by atoms with E-state index in [4.69, 9.17) is 5.73 Å². The van der Waals surface area contributed by atoms with Crippen molar-refractivity contribution in [2.75, 3.05) is 13.2 Å². The van der Waals surface area contributed by atoms with Crippen LogP contribution in [0.5, 0.6) is 0 Å². The maximum Gasteiger partial charge on any atom is 0.332 e. The van der Waals surface area contributed by atoms with Crippen LogP contribution in [0.1, 0.15) is 20.8 Å². The lowest BCUT2D eigenvalue weighted by atomic mass is 10.1. The van der Waals surface area contributed by atoms with Crippen LogP contribution in [0.25, 0.3) is 0 Å². The van der Waals surface area contributed by atoms with Gasteiger partial charge >= 0.3 is 5.97 Å². The zero-order valence-corrected chi connectivity index (χ0v) is 9.90. The molecular weight excluding hydrogens is 212 g/mol. The van der Waals surface area contributed by atoms with Gasteiger partial charge in [-0.1, -0.05) is 13.8 Å². The Morgan fingerprint density at radius 1 is 1.44 bits per heavy atom. The highest BCUT2D eigenvalue weighted by atomic mass is 16.5. The number of nitrogens with two attached hydrogens (primary N) is 1. The summed E-state index contributed by atoms with van der Waals surface area (Å²) >= 11 is 0. The molecule has 0 rings (SSSR count). The number of nitrogens with one attached hydrogen (secondary N) is 1. The van der Waals surface area contributed by atoms with Crippen molar-refractivity contribution in [2.24, 2.45) is 11.7 Å². The summed E-state index contributed by atoms with van der Waals surface area (Å²) in [6, 6.07) is -1.33. The van der Waals surface area contributed by atoms with Crippen molar-refractivity contribution >= 4 is 11.9 Å². The monoisotopic (exact) mass is 232 g/mol. The van der Waals surface area contributed by atoms with Crippen LogP contribution in [0, 0.1) is 5.92 Å². The molecule has 0 bridgehead atoms. The van der Waals surface area contributed by atoms with Crippen LogP contribution >= 0.6 is 0 Å². The van der Waals surface area contributed by atoms with Crippen molar-refractivity contribution < 1.29 is 19.4 Å². The molecule has 2 atom stereocenters. The molecule has 0 aliphatic rings. The van der Waals surface area contributed by atoms with Gasteiger partial charge in [0.05, 0.1) is 12.7 Å². The fraction of sp³-hybridized carbons (Fsp3) is 0.800. The topological polar surface area (TPSA) is 102 Å². The van der Waals surface area contributed by atoms with Crippen LogP contribution in [-0.2, 0) is 14.3 Å². The first kappa shape index (κ1) is 14.9. The minimum Gasteiger partial charge on any atom is -0.464 e. The van der Waals surface area contributed by atoms with Gasteiger partial charge in [-0.2, -0.15) is 0 Å². The molecule has 0 radical (unpaired) electrons. The van der Waals surface area contributed by atoms with Gasteiger partial charge in [-0.25, -0.2) is 4.79 Å². The maximum atomic E-state index is 11.3. The molecule has 0 aliphatic heterocycles. The van der Waals surface area contributed by atoms with Gasteiger partial charge in [0.1, 0.15) is 0 Å². The summed E-state index contributed by atoms with van der Waals surface area (Å²) in [5, 5.41) is 11.8. The molecule has 0 aromatic heterocycles. The number of hydrogen-bond donors (Lipinski definition) is 3. The summed E-state index contributed by atoms with van der Waals surface area (Å²) in [6.45, 7) is 5.52. The van der Waals surface area contributed by atoms with E-state index < -0.39 is 24.0 Å². The molecule has 0 saturated heterocycles. The molecule has 4 N–H and O–H groups in total. The molecule has 0 aromatic rings. The average Bonchev–Trinajstić information content (AvgIpc) is 2.24. The number of amides is 1. The second-order valence-corrected chi connectivity index (χ2v) is 3.79. The highest BCUT2D eigenvalue weighted by molar-refractivity contribution is 6.01. The predicted octanol–water partition coefficient (Wildman–Crippen LogP) is -0.990. The van der Waals surface area contributed by atoms with Crippen molar-refractivity contribution in [3.05, 3.63) is 0 Å². The third-order valence-electron chi connectivity index (χ3n) is 2.08. The van der Waals surface area contributed by atoms with Crippen molar-refractivity contribution in [3.8, 4) is 0 Å². The second kappa shape index (κ2) is 7.19. The third-order valence-corrected chi connectivity index (χ3v) is 2.08. The zero-order valence-electron chi connectivity index (χ0n) is 9.90. The van der Waals surface area contributed by atoms with E-state index in [-0.39, 0.29) is 19.1 Å². The Morgan fingerprint density at radius 2 is 2.00 bits per heavy atom. The maximum absolute atomic E-state index is 11.3.